The molecule has 2 heterocycles. The van der Waals surface area contributed by atoms with E-state index in [0.717, 1.165) is 12.0 Å². The first-order valence-electron chi connectivity index (χ1n) is 8.76. The third kappa shape index (κ3) is 2.54. The molecule has 0 bridgehead atoms. The number of piperidine rings is 1. The third-order valence-corrected chi connectivity index (χ3v) is 5.72. The standard InChI is InChI=1S/C20H26N2/c1-15(2)19-18-6-4-3-5-17(18)16(13-21-19)14-22-11-9-20(7-8-20)10-12-22/h3-6,13,15H,7-12,14H2,1-2H3. The first-order chi connectivity index (χ1) is 10.7. The molecule has 0 radical (unpaired) electrons. The zero-order chi connectivity index (χ0) is 15.2. The maximum atomic E-state index is 4.79. The van der Waals surface area contributed by atoms with Crippen molar-refractivity contribution in [1.82, 2.24) is 9.88 Å². The van der Waals surface area contributed by atoms with Crippen molar-refractivity contribution in [2.24, 2.45) is 5.41 Å². The number of pyridine rings is 1. The number of rotatable bonds is 3. The second kappa shape index (κ2) is 5.34. The largest absolute Gasteiger partial charge is 0.299 e. The highest BCUT2D eigenvalue weighted by Crippen LogP contribution is 2.53. The van der Waals surface area contributed by atoms with Crippen molar-refractivity contribution in [2.45, 2.75) is 52.0 Å². The Kier molecular flexibility index (Phi) is 3.45. The molecule has 1 spiro atoms. The Morgan fingerprint density at radius 3 is 2.36 bits per heavy atom. The van der Waals surface area contributed by atoms with Crippen molar-refractivity contribution in [3.8, 4) is 0 Å². The first kappa shape index (κ1) is 14.2. The van der Waals surface area contributed by atoms with Gasteiger partial charge in [-0.25, -0.2) is 0 Å². The number of fused-ring (bicyclic) bond motifs is 1. The minimum absolute atomic E-state index is 0.476. The molecule has 0 atom stereocenters. The molecule has 1 saturated carbocycles. The van der Waals surface area contributed by atoms with Gasteiger partial charge in [-0.3, -0.25) is 9.88 Å². The fourth-order valence-electron chi connectivity index (χ4n) is 3.96. The van der Waals surface area contributed by atoms with Gasteiger partial charge in [0.1, 0.15) is 0 Å². The van der Waals surface area contributed by atoms with Crippen LogP contribution in [0.3, 0.4) is 0 Å². The van der Waals surface area contributed by atoms with Gasteiger partial charge in [-0.2, -0.15) is 0 Å². The topological polar surface area (TPSA) is 16.1 Å². The molecule has 0 N–H and O–H groups in total. The zero-order valence-electron chi connectivity index (χ0n) is 13.8. The summed E-state index contributed by atoms with van der Waals surface area (Å²) in [6.45, 7) is 8.05. The Morgan fingerprint density at radius 1 is 1.05 bits per heavy atom. The summed E-state index contributed by atoms with van der Waals surface area (Å²) in [5.41, 5.74) is 3.39. The Balaban J connectivity index is 1.60. The molecule has 1 saturated heterocycles. The molecule has 116 valence electrons. The number of hydrogen-bond donors (Lipinski definition) is 0. The summed E-state index contributed by atoms with van der Waals surface area (Å²) in [6.07, 6.45) is 7.90. The highest BCUT2D eigenvalue weighted by atomic mass is 15.1. The van der Waals surface area contributed by atoms with E-state index in [0.29, 0.717) is 5.92 Å². The number of benzene rings is 1. The fourth-order valence-corrected chi connectivity index (χ4v) is 3.96. The van der Waals surface area contributed by atoms with Crippen LogP contribution < -0.4 is 0 Å². The van der Waals surface area contributed by atoms with E-state index >= 15 is 0 Å². The Hall–Kier alpha value is -1.41. The molecule has 2 aliphatic rings. The molecular weight excluding hydrogens is 268 g/mol. The molecule has 1 aromatic carbocycles. The number of hydrogen-bond acceptors (Lipinski definition) is 2. The van der Waals surface area contributed by atoms with Gasteiger partial charge in [0.05, 0.1) is 5.69 Å². The molecule has 1 aromatic heterocycles. The molecule has 0 unspecified atom stereocenters. The van der Waals surface area contributed by atoms with Gasteiger partial charge in [0.2, 0.25) is 0 Å². The van der Waals surface area contributed by atoms with Crippen LogP contribution in [0.25, 0.3) is 10.8 Å². The van der Waals surface area contributed by atoms with E-state index in [9.17, 15) is 0 Å². The predicted molar refractivity (Wildman–Crippen MR) is 92.0 cm³/mol. The van der Waals surface area contributed by atoms with Crippen molar-refractivity contribution in [1.29, 1.82) is 0 Å². The van der Waals surface area contributed by atoms with Crippen LogP contribution in [0.5, 0.6) is 0 Å². The average molecular weight is 294 g/mol. The summed E-state index contributed by atoms with van der Waals surface area (Å²) >= 11 is 0. The maximum Gasteiger partial charge on any atom is 0.0507 e. The first-order valence-corrected chi connectivity index (χ1v) is 8.76. The van der Waals surface area contributed by atoms with E-state index in [1.807, 2.05) is 0 Å². The summed E-state index contributed by atoms with van der Waals surface area (Å²) in [5, 5.41) is 2.73. The molecule has 2 aromatic rings. The highest BCUT2D eigenvalue weighted by molar-refractivity contribution is 5.87. The van der Waals surface area contributed by atoms with Gasteiger partial charge >= 0.3 is 0 Å². The van der Waals surface area contributed by atoms with Crippen LogP contribution in [0.2, 0.25) is 0 Å². The van der Waals surface area contributed by atoms with Gasteiger partial charge < -0.3 is 0 Å². The average Bonchev–Trinajstić information content (AvgIpc) is 3.29. The normalized spacial score (nSPS) is 20.9. The smallest absolute Gasteiger partial charge is 0.0507 e. The lowest BCUT2D eigenvalue weighted by Gasteiger charge is -2.32. The SMILES string of the molecule is CC(C)c1ncc(CN2CCC3(CC2)CC3)c2ccccc12. The summed E-state index contributed by atoms with van der Waals surface area (Å²) in [5.74, 6) is 0.476. The molecule has 4 rings (SSSR count). The van der Waals surface area contributed by atoms with Gasteiger partial charge in [-0.15, -0.1) is 0 Å². The summed E-state index contributed by atoms with van der Waals surface area (Å²) in [6, 6.07) is 8.80. The molecule has 2 nitrogen and oxygen atoms in total. The molecule has 2 heteroatoms. The van der Waals surface area contributed by atoms with Crippen LogP contribution in [0, 0.1) is 5.41 Å². The van der Waals surface area contributed by atoms with Crippen molar-refractivity contribution >= 4 is 10.8 Å². The minimum atomic E-state index is 0.476. The van der Waals surface area contributed by atoms with Crippen molar-refractivity contribution in [2.75, 3.05) is 13.1 Å². The third-order valence-electron chi connectivity index (χ3n) is 5.72. The summed E-state index contributed by atoms with van der Waals surface area (Å²) in [4.78, 5) is 7.41. The number of aromatic nitrogens is 1. The fraction of sp³-hybridized carbons (Fsp3) is 0.550. The van der Waals surface area contributed by atoms with E-state index in [1.54, 1.807) is 0 Å². The van der Waals surface area contributed by atoms with Crippen LogP contribution in [-0.4, -0.2) is 23.0 Å². The van der Waals surface area contributed by atoms with Crippen LogP contribution in [-0.2, 0) is 6.54 Å². The van der Waals surface area contributed by atoms with E-state index in [1.165, 1.54) is 60.8 Å². The van der Waals surface area contributed by atoms with Gasteiger partial charge in [0.25, 0.3) is 0 Å². The summed E-state index contributed by atoms with van der Waals surface area (Å²) < 4.78 is 0. The van der Waals surface area contributed by atoms with Gasteiger partial charge in [0, 0.05) is 18.1 Å². The Labute approximate surface area is 133 Å². The van der Waals surface area contributed by atoms with Crippen LogP contribution in [0.1, 0.15) is 56.7 Å². The monoisotopic (exact) mass is 294 g/mol. The van der Waals surface area contributed by atoms with E-state index in [2.05, 4.69) is 49.2 Å². The molecule has 1 aliphatic heterocycles. The van der Waals surface area contributed by atoms with Crippen LogP contribution in [0.4, 0.5) is 0 Å². The van der Waals surface area contributed by atoms with Gasteiger partial charge in [-0.1, -0.05) is 38.1 Å². The lowest BCUT2D eigenvalue weighted by atomic mass is 9.93. The van der Waals surface area contributed by atoms with Gasteiger partial charge in [0.15, 0.2) is 0 Å². The second-order valence-corrected chi connectivity index (χ2v) is 7.65. The van der Waals surface area contributed by atoms with Crippen LogP contribution in [0.15, 0.2) is 30.5 Å². The minimum Gasteiger partial charge on any atom is -0.299 e. The number of nitrogens with zero attached hydrogens (tertiary/aromatic N) is 2. The lowest BCUT2D eigenvalue weighted by molar-refractivity contribution is 0.166. The van der Waals surface area contributed by atoms with Gasteiger partial charge in [-0.05, 0) is 61.1 Å². The zero-order valence-corrected chi connectivity index (χ0v) is 13.8. The number of likely N-dealkylation sites (tertiary alicyclic amines) is 1. The van der Waals surface area contributed by atoms with Crippen molar-refractivity contribution < 1.29 is 0 Å². The maximum absolute atomic E-state index is 4.79. The van der Waals surface area contributed by atoms with Crippen molar-refractivity contribution in [3.05, 3.63) is 41.7 Å². The van der Waals surface area contributed by atoms with E-state index in [4.69, 9.17) is 4.98 Å². The Bertz CT molecular complexity index is 675. The lowest BCUT2D eigenvalue weighted by Crippen LogP contribution is -2.34. The quantitative estimate of drug-likeness (QED) is 0.813. The highest BCUT2D eigenvalue weighted by Gasteiger charge is 2.44. The summed E-state index contributed by atoms with van der Waals surface area (Å²) in [7, 11) is 0. The van der Waals surface area contributed by atoms with Crippen LogP contribution >= 0.6 is 0 Å². The predicted octanol–water partition coefficient (Wildman–Crippen LogP) is 4.73. The second-order valence-electron chi connectivity index (χ2n) is 7.65. The molecule has 0 amide bonds. The van der Waals surface area contributed by atoms with Crippen molar-refractivity contribution in [3.63, 3.8) is 0 Å². The molecule has 1 aliphatic carbocycles. The van der Waals surface area contributed by atoms with E-state index < -0.39 is 0 Å². The molecular formula is C20H26N2. The van der Waals surface area contributed by atoms with E-state index in [-0.39, 0.29) is 0 Å². The molecule has 2 fully saturated rings. The Morgan fingerprint density at radius 2 is 1.73 bits per heavy atom. The molecule has 22 heavy (non-hydrogen) atoms.